The highest BCUT2D eigenvalue weighted by Crippen LogP contribution is 2.41. The van der Waals surface area contributed by atoms with Crippen molar-refractivity contribution < 1.29 is 19.4 Å². The summed E-state index contributed by atoms with van der Waals surface area (Å²) in [5.74, 6) is -0.487. The van der Waals surface area contributed by atoms with E-state index in [1.165, 1.54) is 0 Å². The molecule has 1 fully saturated rings. The topological polar surface area (TPSA) is 66.8 Å². The summed E-state index contributed by atoms with van der Waals surface area (Å²) in [4.78, 5) is 27.3. The van der Waals surface area contributed by atoms with E-state index in [4.69, 9.17) is 4.74 Å². The Morgan fingerprint density at radius 3 is 2.76 bits per heavy atom. The van der Waals surface area contributed by atoms with Gasteiger partial charge >= 0.3 is 0 Å². The molecule has 0 spiro atoms. The Morgan fingerprint density at radius 2 is 2.00 bits per heavy atom. The lowest BCUT2D eigenvalue weighted by molar-refractivity contribution is -0.139. The molecule has 1 N–H and O–H groups in total. The molecule has 4 rings (SSSR count). The summed E-state index contributed by atoms with van der Waals surface area (Å²) in [6, 6.07) is 12.6. The van der Waals surface area contributed by atoms with Gasteiger partial charge in [0.2, 0.25) is 0 Å². The fraction of sp³-hybridized carbons (Fsp3) is 0.333. The number of ketones is 1. The van der Waals surface area contributed by atoms with Gasteiger partial charge < -0.3 is 14.7 Å². The summed E-state index contributed by atoms with van der Waals surface area (Å²) in [6.07, 6.45) is 2.51. The summed E-state index contributed by atoms with van der Waals surface area (Å²) in [5.41, 5.74) is 3.56. The number of hydrogen-bond donors (Lipinski definition) is 1. The Balaban J connectivity index is 1.87. The molecule has 5 nitrogen and oxygen atoms in total. The lowest BCUT2D eigenvalue weighted by atomic mass is 9.92. The first kappa shape index (κ1) is 19.2. The molecule has 2 aromatic rings. The van der Waals surface area contributed by atoms with Crippen molar-refractivity contribution in [3.8, 4) is 5.75 Å². The lowest BCUT2D eigenvalue weighted by Crippen LogP contribution is -2.30. The van der Waals surface area contributed by atoms with Gasteiger partial charge in [0, 0.05) is 12.1 Å². The van der Waals surface area contributed by atoms with Crippen LogP contribution in [0.2, 0.25) is 0 Å². The normalized spacial score (nSPS) is 20.5. The molecule has 0 saturated carbocycles. The van der Waals surface area contributed by atoms with Gasteiger partial charge in [-0.05, 0) is 61.1 Å². The molecule has 29 heavy (non-hydrogen) atoms. The van der Waals surface area contributed by atoms with Crippen LogP contribution in [0.1, 0.15) is 48.1 Å². The molecule has 0 radical (unpaired) electrons. The SMILES string of the molecule is CCCN1C(=O)C(=O)/C(=C(/O)c2ccc3c(c2)CCCO3)C1c1ccccc1C. The number of amides is 1. The van der Waals surface area contributed by atoms with Crippen LogP contribution in [0.5, 0.6) is 5.75 Å². The number of ether oxygens (including phenoxy) is 1. The number of carbonyl (C=O) groups is 2. The molecule has 0 aromatic heterocycles. The number of likely N-dealkylation sites (tertiary alicyclic amines) is 1. The number of aliphatic hydroxyl groups excluding tert-OH is 1. The largest absolute Gasteiger partial charge is 0.507 e. The van der Waals surface area contributed by atoms with Gasteiger partial charge in [0.1, 0.15) is 11.5 Å². The quantitative estimate of drug-likeness (QED) is 0.483. The molecule has 2 aliphatic rings. The minimum absolute atomic E-state index is 0.122. The third-order valence-corrected chi connectivity index (χ3v) is 5.67. The lowest BCUT2D eigenvalue weighted by Gasteiger charge is -2.26. The van der Waals surface area contributed by atoms with Gasteiger partial charge in [0.25, 0.3) is 11.7 Å². The monoisotopic (exact) mass is 391 g/mol. The van der Waals surface area contributed by atoms with Crippen molar-refractivity contribution in [1.82, 2.24) is 4.90 Å². The maximum atomic E-state index is 13.0. The summed E-state index contributed by atoms with van der Waals surface area (Å²) in [5, 5.41) is 11.2. The number of hydrogen-bond acceptors (Lipinski definition) is 4. The van der Waals surface area contributed by atoms with Crippen LogP contribution in [-0.2, 0) is 16.0 Å². The van der Waals surface area contributed by atoms with Crippen LogP contribution >= 0.6 is 0 Å². The van der Waals surface area contributed by atoms with Crippen molar-refractivity contribution in [2.75, 3.05) is 13.2 Å². The van der Waals surface area contributed by atoms with Crippen molar-refractivity contribution in [3.63, 3.8) is 0 Å². The molecule has 5 heteroatoms. The number of nitrogens with zero attached hydrogens (tertiary/aromatic N) is 1. The fourth-order valence-corrected chi connectivity index (χ4v) is 4.23. The molecule has 2 aromatic carbocycles. The van der Waals surface area contributed by atoms with Crippen LogP contribution in [0.3, 0.4) is 0 Å². The van der Waals surface area contributed by atoms with Gasteiger partial charge in [-0.3, -0.25) is 9.59 Å². The second kappa shape index (κ2) is 7.74. The Labute approximate surface area is 170 Å². The number of aliphatic hydroxyl groups is 1. The Bertz CT molecular complexity index is 1010. The van der Waals surface area contributed by atoms with E-state index in [0.29, 0.717) is 18.7 Å². The second-order valence-corrected chi connectivity index (χ2v) is 7.62. The number of aryl methyl sites for hydroxylation is 2. The number of benzene rings is 2. The number of carbonyl (C=O) groups excluding carboxylic acids is 2. The van der Waals surface area contributed by atoms with Crippen LogP contribution in [-0.4, -0.2) is 34.8 Å². The highest BCUT2D eigenvalue weighted by atomic mass is 16.5. The highest BCUT2D eigenvalue weighted by molar-refractivity contribution is 6.46. The van der Waals surface area contributed by atoms with Crippen molar-refractivity contribution in [3.05, 3.63) is 70.3 Å². The molecule has 0 aliphatic carbocycles. The van der Waals surface area contributed by atoms with E-state index in [2.05, 4.69) is 0 Å². The van der Waals surface area contributed by atoms with Crippen LogP contribution in [0.4, 0.5) is 0 Å². The van der Waals surface area contributed by atoms with E-state index in [9.17, 15) is 14.7 Å². The average molecular weight is 391 g/mol. The van der Waals surface area contributed by atoms with Gasteiger partial charge in [0.05, 0.1) is 18.2 Å². The number of fused-ring (bicyclic) bond motifs is 1. The third kappa shape index (κ3) is 3.31. The molecule has 1 unspecified atom stereocenters. The minimum Gasteiger partial charge on any atom is -0.507 e. The van der Waals surface area contributed by atoms with Crippen LogP contribution in [0.25, 0.3) is 5.76 Å². The minimum atomic E-state index is -0.627. The standard InChI is InChI=1S/C24H25NO4/c1-3-12-25-21(18-9-5-4-7-15(18)2)20(23(27)24(25)28)22(26)17-10-11-19-16(14-17)8-6-13-29-19/h4-5,7,9-11,14,21,26H,3,6,8,12-13H2,1-2H3/b22-20+. The summed E-state index contributed by atoms with van der Waals surface area (Å²) >= 11 is 0. The highest BCUT2D eigenvalue weighted by Gasteiger charge is 2.46. The first-order chi connectivity index (χ1) is 14.0. The van der Waals surface area contributed by atoms with Crippen LogP contribution < -0.4 is 4.74 Å². The predicted molar refractivity (Wildman–Crippen MR) is 111 cm³/mol. The first-order valence-corrected chi connectivity index (χ1v) is 10.1. The Kier molecular flexibility index (Phi) is 5.14. The van der Waals surface area contributed by atoms with Gasteiger partial charge in [0.15, 0.2) is 0 Å². The Hall–Kier alpha value is -3.08. The van der Waals surface area contributed by atoms with Crippen LogP contribution in [0.15, 0.2) is 48.0 Å². The van der Waals surface area contributed by atoms with Crippen LogP contribution in [0, 0.1) is 6.92 Å². The van der Waals surface area contributed by atoms with Crippen molar-refractivity contribution in [2.24, 2.45) is 0 Å². The first-order valence-electron chi connectivity index (χ1n) is 10.1. The molecular formula is C24H25NO4. The molecule has 1 atom stereocenters. The third-order valence-electron chi connectivity index (χ3n) is 5.67. The molecular weight excluding hydrogens is 366 g/mol. The van der Waals surface area contributed by atoms with Gasteiger partial charge in [-0.2, -0.15) is 0 Å². The van der Waals surface area contributed by atoms with Crippen molar-refractivity contribution in [2.45, 2.75) is 39.2 Å². The number of rotatable bonds is 4. The zero-order valence-electron chi connectivity index (χ0n) is 16.8. The maximum Gasteiger partial charge on any atom is 0.295 e. The van der Waals surface area contributed by atoms with Crippen molar-refractivity contribution in [1.29, 1.82) is 0 Å². The van der Waals surface area contributed by atoms with E-state index < -0.39 is 17.7 Å². The molecule has 1 amide bonds. The molecule has 0 bridgehead atoms. The second-order valence-electron chi connectivity index (χ2n) is 7.62. The summed E-state index contributed by atoms with van der Waals surface area (Å²) in [7, 11) is 0. The van der Waals surface area contributed by atoms with E-state index in [1.807, 2.05) is 50.2 Å². The van der Waals surface area contributed by atoms with Gasteiger partial charge in [-0.1, -0.05) is 31.2 Å². The molecule has 2 heterocycles. The number of Topliss-reactive ketones (excluding diaryl/α,β-unsaturated/α-hetero) is 1. The average Bonchev–Trinajstić information content (AvgIpc) is 2.98. The van der Waals surface area contributed by atoms with E-state index in [1.54, 1.807) is 11.0 Å². The fourth-order valence-electron chi connectivity index (χ4n) is 4.23. The zero-order chi connectivity index (χ0) is 20.5. The predicted octanol–water partition coefficient (Wildman–Crippen LogP) is 4.15. The van der Waals surface area contributed by atoms with E-state index in [0.717, 1.165) is 41.7 Å². The van der Waals surface area contributed by atoms with E-state index >= 15 is 0 Å². The summed E-state index contributed by atoms with van der Waals surface area (Å²) < 4.78 is 5.65. The van der Waals surface area contributed by atoms with Crippen molar-refractivity contribution >= 4 is 17.4 Å². The maximum absolute atomic E-state index is 13.0. The van der Waals surface area contributed by atoms with E-state index in [-0.39, 0.29) is 11.3 Å². The zero-order valence-corrected chi connectivity index (χ0v) is 16.8. The molecule has 150 valence electrons. The Morgan fingerprint density at radius 1 is 1.21 bits per heavy atom. The molecule has 1 saturated heterocycles. The van der Waals surface area contributed by atoms with Gasteiger partial charge in [-0.15, -0.1) is 0 Å². The van der Waals surface area contributed by atoms with Gasteiger partial charge in [-0.25, -0.2) is 0 Å². The smallest absolute Gasteiger partial charge is 0.295 e. The molecule has 2 aliphatic heterocycles. The summed E-state index contributed by atoms with van der Waals surface area (Å²) in [6.45, 7) is 5.07.